The molecule has 8 nitrogen and oxygen atoms in total. The van der Waals surface area contributed by atoms with Crippen LogP contribution in [-0.2, 0) is 0 Å². The molecule has 0 atom stereocenters. The Morgan fingerprint density at radius 3 is 1.25 bits per heavy atom. The van der Waals surface area contributed by atoms with Gasteiger partial charge in [-0.05, 0) is 76.2 Å². The molecule has 0 fully saturated rings. The molecule has 2 aromatic rings. The lowest BCUT2D eigenvalue weighted by molar-refractivity contribution is 0.561. The quantitative estimate of drug-likeness (QED) is 0.191. The second-order valence-electron chi connectivity index (χ2n) is 7.56. The number of azo groups is 1. The molecule has 0 bridgehead atoms. The molecule has 2 aromatic carbocycles. The van der Waals surface area contributed by atoms with Gasteiger partial charge < -0.3 is 22.1 Å². The molecule has 8 heteroatoms. The summed E-state index contributed by atoms with van der Waals surface area (Å²) >= 11 is 0. The number of anilines is 4. The van der Waals surface area contributed by atoms with Crippen molar-refractivity contribution in [1.29, 1.82) is 10.8 Å². The summed E-state index contributed by atoms with van der Waals surface area (Å²) < 4.78 is 0. The average Bonchev–Trinajstić information content (AvgIpc) is 2.64. The minimum absolute atomic E-state index is 0.190. The first kappa shape index (κ1) is 20.9. The second kappa shape index (κ2) is 8.08. The number of nitrogens with zero attached hydrogens (tertiary/aromatic N) is 2. The number of benzene rings is 2. The molecule has 0 aliphatic carbocycles. The summed E-state index contributed by atoms with van der Waals surface area (Å²) in [6.07, 6.45) is 0. The highest BCUT2D eigenvalue weighted by molar-refractivity contribution is 6.01. The molecule has 0 heterocycles. The van der Waals surface area contributed by atoms with E-state index < -0.39 is 11.1 Å². The highest BCUT2D eigenvalue weighted by Gasteiger charge is 2.28. The molecule has 0 saturated carbocycles. The van der Waals surface area contributed by atoms with E-state index in [0.29, 0.717) is 11.4 Å². The lowest BCUT2D eigenvalue weighted by Gasteiger charge is -2.25. The zero-order valence-electron chi connectivity index (χ0n) is 16.7. The Balaban J connectivity index is 2.05. The SMILES string of the molecule is CC(C)(/N=N/C(C)(C)C(=N)Nc1ccc(N)cc1)C(=N)Nc1ccc(N)cc1. The summed E-state index contributed by atoms with van der Waals surface area (Å²) in [5.74, 6) is 0.379. The Bertz CT molecular complexity index is 791. The van der Waals surface area contributed by atoms with Crippen LogP contribution in [0, 0.1) is 10.8 Å². The van der Waals surface area contributed by atoms with Gasteiger partial charge in [0.05, 0.1) is 0 Å². The van der Waals surface area contributed by atoms with E-state index >= 15 is 0 Å². The number of nitrogens with two attached hydrogens (primary N) is 2. The minimum atomic E-state index is -0.889. The Labute approximate surface area is 165 Å². The third-order valence-electron chi connectivity index (χ3n) is 4.13. The van der Waals surface area contributed by atoms with Gasteiger partial charge in [-0.3, -0.25) is 10.8 Å². The first-order valence-electron chi connectivity index (χ1n) is 8.87. The molecule has 0 unspecified atom stereocenters. The van der Waals surface area contributed by atoms with Crippen molar-refractivity contribution in [2.45, 2.75) is 38.8 Å². The summed E-state index contributed by atoms with van der Waals surface area (Å²) in [4.78, 5) is 0. The molecular weight excluding hydrogens is 352 g/mol. The predicted molar refractivity (Wildman–Crippen MR) is 117 cm³/mol. The second-order valence-corrected chi connectivity index (χ2v) is 7.56. The van der Waals surface area contributed by atoms with Gasteiger partial charge in [0, 0.05) is 22.7 Å². The maximum absolute atomic E-state index is 8.32. The van der Waals surface area contributed by atoms with Crippen molar-refractivity contribution in [1.82, 2.24) is 0 Å². The van der Waals surface area contributed by atoms with Crippen molar-refractivity contribution in [2.75, 3.05) is 22.1 Å². The molecule has 148 valence electrons. The highest BCUT2D eigenvalue weighted by Crippen LogP contribution is 2.21. The van der Waals surface area contributed by atoms with Gasteiger partial charge in [0.2, 0.25) is 0 Å². The largest absolute Gasteiger partial charge is 0.399 e. The van der Waals surface area contributed by atoms with Gasteiger partial charge in [-0.1, -0.05) is 0 Å². The molecule has 28 heavy (non-hydrogen) atoms. The fourth-order valence-corrected chi connectivity index (χ4v) is 2.08. The monoisotopic (exact) mass is 380 g/mol. The van der Waals surface area contributed by atoms with Gasteiger partial charge >= 0.3 is 0 Å². The number of hydrogen-bond acceptors (Lipinski definition) is 6. The van der Waals surface area contributed by atoms with Crippen LogP contribution >= 0.6 is 0 Å². The number of nitrogens with one attached hydrogen (secondary N) is 4. The van der Waals surface area contributed by atoms with Crippen molar-refractivity contribution < 1.29 is 0 Å². The van der Waals surface area contributed by atoms with Crippen LogP contribution in [0.1, 0.15) is 27.7 Å². The first-order chi connectivity index (χ1) is 13.0. The number of nitrogen functional groups attached to an aromatic ring is 2. The van der Waals surface area contributed by atoms with E-state index in [2.05, 4.69) is 20.9 Å². The topological polar surface area (TPSA) is 149 Å². The minimum Gasteiger partial charge on any atom is -0.399 e. The number of rotatable bonds is 6. The van der Waals surface area contributed by atoms with E-state index in [0.717, 1.165) is 11.4 Å². The van der Waals surface area contributed by atoms with Crippen LogP contribution in [0.5, 0.6) is 0 Å². The third kappa shape index (κ3) is 5.54. The number of amidine groups is 2. The molecule has 0 spiro atoms. The summed E-state index contributed by atoms with van der Waals surface area (Å²) in [5.41, 5.74) is 12.4. The van der Waals surface area contributed by atoms with Crippen LogP contribution in [0.2, 0.25) is 0 Å². The van der Waals surface area contributed by atoms with Crippen LogP contribution in [-0.4, -0.2) is 22.7 Å². The molecule has 0 aliphatic rings. The van der Waals surface area contributed by atoms with E-state index in [-0.39, 0.29) is 11.7 Å². The fraction of sp³-hybridized carbons (Fsp3) is 0.300. The molecular formula is C20H28N8. The smallest absolute Gasteiger partial charge is 0.133 e. The van der Waals surface area contributed by atoms with Crippen molar-refractivity contribution in [2.24, 2.45) is 10.2 Å². The fourth-order valence-electron chi connectivity index (χ4n) is 2.08. The average molecular weight is 381 g/mol. The van der Waals surface area contributed by atoms with Crippen molar-refractivity contribution in [3.05, 3.63) is 48.5 Å². The van der Waals surface area contributed by atoms with Crippen LogP contribution in [0.15, 0.2) is 58.8 Å². The zero-order chi connectivity index (χ0) is 20.9. The number of hydrogen-bond donors (Lipinski definition) is 6. The molecule has 2 rings (SSSR count). The van der Waals surface area contributed by atoms with Crippen LogP contribution in [0.25, 0.3) is 0 Å². The van der Waals surface area contributed by atoms with E-state index in [1.807, 2.05) is 0 Å². The van der Waals surface area contributed by atoms with Crippen LogP contribution < -0.4 is 22.1 Å². The van der Waals surface area contributed by atoms with Crippen molar-refractivity contribution in [3.8, 4) is 0 Å². The van der Waals surface area contributed by atoms with Crippen LogP contribution in [0.4, 0.5) is 22.7 Å². The first-order valence-corrected chi connectivity index (χ1v) is 8.87. The Kier molecular flexibility index (Phi) is 6.03. The van der Waals surface area contributed by atoms with Gasteiger partial charge in [0.25, 0.3) is 0 Å². The van der Waals surface area contributed by atoms with E-state index in [9.17, 15) is 0 Å². The lowest BCUT2D eigenvalue weighted by atomic mass is 10.0. The standard InChI is InChI=1S/C20H28N8/c1-19(2,17(23)25-15-9-5-13(21)6-10-15)27-28-20(3,4)18(24)26-16-11-7-14(22)8-12-16/h5-12H,21-22H2,1-4H3,(H2,23,25)(H2,24,26)/b28-27+. The highest BCUT2D eigenvalue weighted by atomic mass is 15.2. The van der Waals surface area contributed by atoms with Gasteiger partial charge in [-0.15, -0.1) is 0 Å². The lowest BCUT2D eigenvalue weighted by Crippen LogP contribution is -2.38. The zero-order valence-corrected chi connectivity index (χ0v) is 16.7. The maximum Gasteiger partial charge on any atom is 0.133 e. The molecule has 8 N–H and O–H groups in total. The Morgan fingerprint density at radius 2 is 0.964 bits per heavy atom. The third-order valence-corrected chi connectivity index (χ3v) is 4.13. The van der Waals surface area contributed by atoms with Gasteiger partial charge in [-0.2, -0.15) is 10.2 Å². The molecule has 0 radical (unpaired) electrons. The van der Waals surface area contributed by atoms with Crippen LogP contribution in [0.3, 0.4) is 0 Å². The molecule has 0 saturated heterocycles. The van der Waals surface area contributed by atoms with Gasteiger partial charge in [0.1, 0.15) is 22.7 Å². The summed E-state index contributed by atoms with van der Waals surface area (Å²) in [6.45, 7) is 7.15. The predicted octanol–water partition coefficient (Wildman–Crippen LogP) is 4.34. The van der Waals surface area contributed by atoms with E-state index in [4.69, 9.17) is 22.3 Å². The van der Waals surface area contributed by atoms with Crippen molar-refractivity contribution >= 4 is 34.4 Å². The molecule has 0 amide bonds. The summed E-state index contributed by atoms with van der Waals surface area (Å²) in [7, 11) is 0. The molecule has 0 aliphatic heterocycles. The maximum atomic E-state index is 8.32. The summed E-state index contributed by atoms with van der Waals surface area (Å²) in [6, 6.07) is 14.2. The van der Waals surface area contributed by atoms with E-state index in [1.165, 1.54) is 0 Å². The summed E-state index contributed by atoms with van der Waals surface area (Å²) in [5, 5.41) is 31.3. The van der Waals surface area contributed by atoms with E-state index in [1.54, 1.807) is 76.2 Å². The molecule has 0 aromatic heterocycles. The van der Waals surface area contributed by atoms with Gasteiger partial charge in [0.15, 0.2) is 0 Å². The normalized spacial score (nSPS) is 12.0. The van der Waals surface area contributed by atoms with Crippen molar-refractivity contribution in [3.63, 3.8) is 0 Å². The Hall–Kier alpha value is -3.42. The van der Waals surface area contributed by atoms with Gasteiger partial charge in [-0.25, -0.2) is 0 Å². The Morgan fingerprint density at radius 1 is 0.679 bits per heavy atom.